The molecule has 0 spiro atoms. The molecule has 0 saturated heterocycles. The number of rotatable bonds is 8. The summed E-state index contributed by atoms with van der Waals surface area (Å²) in [5, 5.41) is 15.0. The van der Waals surface area contributed by atoms with Crippen LogP contribution in [0.3, 0.4) is 0 Å². The number of ether oxygens (including phenoxy) is 2. The minimum absolute atomic E-state index is 0.0627. The number of fused-ring (bicyclic) bond motifs is 3. The normalized spacial score (nSPS) is 13.3. The van der Waals surface area contributed by atoms with Crippen LogP contribution in [0.4, 0.5) is 4.79 Å². The van der Waals surface area contributed by atoms with Gasteiger partial charge in [-0.05, 0) is 22.3 Å². The number of benzene rings is 2. The van der Waals surface area contributed by atoms with E-state index in [4.69, 9.17) is 9.47 Å². The molecule has 0 aliphatic heterocycles. The van der Waals surface area contributed by atoms with Gasteiger partial charge in [0.05, 0.1) is 6.61 Å². The first-order valence-corrected chi connectivity index (χ1v) is 9.50. The van der Waals surface area contributed by atoms with Crippen LogP contribution >= 0.6 is 0 Å². The summed E-state index contributed by atoms with van der Waals surface area (Å²) in [6.07, 6.45) is -0.868. The molecule has 1 aliphatic carbocycles. The van der Waals surface area contributed by atoms with Gasteiger partial charge in [0.15, 0.2) is 11.9 Å². The second-order valence-corrected chi connectivity index (χ2v) is 6.92. The van der Waals surface area contributed by atoms with Gasteiger partial charge in [0, 0.05) is 5.92 Å². The average molecular weight is 425 g/mol. The molecule has 0 radical (unpaired) electrons. The highest BCUT2D eigenvalue weighted by atomic mass is 16.6. The molecule has 2 aromatic carbocycles. The van der Waals surface area contributed by atoms with Crippen molar-refractivity contribution < 1.29 is 28.7 Å². The molecular weight excluding hydrogens is 406 g/mol. The zero-order chi connectivity index (χ0) is 21.8. The van der Waals surface area contributed by atoms with Gasteiger partial charge in [0.1, 0.15) is 13.2 Å². The van der Waals surface area contributed by atoms with Crippen molar-refractivity contribution in [3.63, 3.8) is 0 Å². The van der Waals surface area contributed by atoms with Crippen LogP contribution in [0, 0.1) is 0 Å². The van der Waals surface area contributed by atoms with E-state index in [9.17, 15) is 19.5 Å². The fourth-order valence-corrected chi connectivity index (χ4v) is 3.55. The van der Waals surface area contributed by atoms with E-state index >= 15 is 0 Å². The molecule has 1 unspecified atom stereocenters. The van der Waals surface area contributed by atoms with E-state index in [0.29, 0.717) is 0 Å². The minimum atomic E-state index is -1.34. The van der Waals surface area contributed by atoms with Gasteiger partial charge in [-0.25, -0.2) is 14.4 Å². The molecule has 10 heteroatoms. The lowest BCUT2D eigenvalue weighted by Gasteiger charge is -2.17. The summed E-state index contributed by atoms with van der Waals surface area (Å²) in [7, 11) is 0. The van der Waals surface area contributed by atoms with Crippen LogP contribution in [0.5, 0.6) is 0 Å². The summed E-state index contributed by atoms with van der Waals surface area (Å²) in [5.41, 5.74) is 4.29. The largest absolute Gasteiger partial charge is 0.480 e. The predicted molar refractivity (Wildman–Crippen MR) is 106 cm³/mol. The first-order valence-electron chi connectivity index (χ1n) is 9.50. The van der Waals surface area contributed by atoms with Crippen molar-refractivity contribution in [2.75, 3.05) is 13.2 Å². The van der Waals surface area contributed by atoms with E-state index < -0.39 is 23.9 Å². The maximum Gasteiger partial charge on any atom is 0.438 e. The number of carboxylic acids is 1. The molecule has 1 heterocycles. The van der Waals surface area contributed by atoms with Gasteiger partial charge in [-0.15, -0.1) is 0 Å². The highest BCUT2D eigenvalue weighted by Gasteiger charge is 2.29. The number of alkyl carbamates (subject to hydrolysis) is 1. The standard InChI is InChI=1S/C21H19N3O7/c25-19(26)17(10-29-11-18-23-21(28)31-24-18)22-20(27)30-9-16-14-7-3-1-5-12(14)13-6-2-4-8-15(13)16/h1-8,16-17H,9-11H2,(H,22,27)(H,25,26)(H,23,24,28). The number of carbonyl (C=O) groups excluding carboxylic acids is 1. The van der Waals surface area contributed by atoms with Crippen molar-refractivity contribution in [3.05, 3.63) is 76.0 Å². The average Bonchev–Trinajstić information content (AvgIpc) is 3.32. The van der Waals surface area contributed by atoms with Crippen LogP contribution < -0.4 is 11.1 Å². The lowest BCUT2D eigenvalue weighted by molar-refractivity contribution is -0.141. The molecule has 1 aliphatic rings. The number of carbonyl (C=O) groups is 2. The van der Waals surface area contributed by atoms with Crippen LogP contribution in [0.15, 0.2) is 57.8 Å². The Kier molecular flexibility index (Phi) is 5.80. The van der Waals surface area contributed by atoms with Gasteiger partial charge < -0.3 is 19.9 Å². The van der Waals surface area contributed by atoms with Gasteiger partial charge in [-0.2, -0.15) is 0 Å². The third-order valence-electron chi connectivity index (χ3n) is 4.94. The third kappa shape index (κ3) is 4.48. The quantitative estimate of drug-likeness (QED) is 0.496. The second kappa shape index (κ2) is 8.84. The van der Waals surface area contributed by atoms with Crippen LogP contribution in [0.25, 0.3) is 11.1 Å². The number of hydrogen-bond acceptors (Lipinski definition) is 7. The molecule has 3 aromatic rings. The number of nitrogens with one attached hydrogen (secondary N) is 2. The van der Waals surface area contributed by atoms with Gasteiger partial charge >= 0.3 is 17.8 Å². The number of carboxylic acid groups (broad SMARTS) is 1. The molecule has 3 N–H and O–H groups in total. The van der Waals surface area contributed by atoms with Gasteiger partial charge in [-0.1, -0.05) is 53.7 Å². The van der Waals surface area contributed by atoms with Gasteiger partial charge in [0.2, 0.25) is 0 Å². The Labute approximate surface area is 175 Å². The molecule has 1 atom stereocenters. The zero-order valence-corrected chi connectivity index (χ0v) is 16.2. The van der Waals surface area contributed by atoms with Crippen molar-refractivity contribution in [1.82, 2.24) is 15.5 Å². The lowest BCUT2D eigenvalue weighted by atomic mass is 9.98. The van der Waals surface area contributed by atoms with Crippen LogP contribution in [0.1, 0.15) is 22.9 Å². The fraction of sp³-hybridized carbons (Fsp3) is 0.238. The number of hydrogen-bond donors (Lipinski definition) is 3. The van der Waals surface area contributed by atoms with E-state index in [1.165, 1.54) is 0 Å². The molecular formula is C21H19N3O7. The summed E-state index contributed by atoms with van der Waals surface area (Å²) in [5.74, 6) is -2.07. The predicted octanol–water partition coefficient (Wildman–Crippen LogP) is 1.87. The zero-order valence-electron chi connectivity index (χ0n) is 16.2. The van der Waals surface area contributed by atoms with Crippen LogP contribution in [-0.2, 0) is 20.9 Å². The molecule has 31 heavy (non-hydrogen) atoms. The monoisotopic (exact) mass is 425 g/mol. The number of aromatic nitrogens is 2. The molecule has 160 valence electrons. The van der Waals surface area contributed by atoms with Crippen molar-refractivity contribution in [2.24, 2.45) is 0 Å². The minimum Gasteiger partial charge on any atom is -0.480 e. The molecule has 1 aromatic heterocycles. The first-order chi connectivity index (χ1) is 15.0. The number of amides is 1. The van der Waals surface area contributed by atoms with E-state index in [2.05, 4.69) is 20.0 Å². The van der Waals surface area contributed by atoms with Crippen LogP contribution in [-0.4, -0.2) is 46.6 Å². The van der Waals surface area contributed by atoms with Gasteiger partial charge in [-0.3, -0.25) is 9.51 Å². The van der Waals surface area contributed by atoms with Crippen molar-refractivity contribution >= 4 is 12.1 Å². The Balaban J connectivity index is 1.34. The third-order valence-corrected chi connectivity index (χ3v) is 4.94. The highest BCUT2D eigenvalue weighted by Crippen LogP contribution is 2.44. The number of nitrogens with zero attached hydrogens (tertiary/aromatic N) is 1. The Morgan fingerprint density at radius 1 is 1.13 bits per heavy atom. The van der Waals surface area contributed by atoms with Crippen molar-refractivity contribution in [3.8, 4) is 11.1 Å². The lowest BCUT2D eigenvalue weighted by Crippen LogP contribution is -2.44. The molecule has 0 bridgehead atoms. The summed E-state index contributed by atoms with van der Waals surface area (Å²) in [6.45, 7) is -0.469. The first kappa shape index (κ1) is 20.4. The van der Waals surface area contributed by atoms with Crippen molar-refractivity contribution in [2.45, 2.75) is 18.6 Å². The summed E-state index contributed by atoms with van der Waals surface area (Å²) < 4.78 is 14.8. The molecule has 0 fully saturated rings. The van der Waals surface area contributed by atoms with Crippen LogP contribution in [0.2, 0.25) is 0 Å². The SMILES string of the molecule is O=C(NC(COCc1noc(=O)[nH]1)C(=O)O)OCC1c2ccccc2-c2ccccc21. The summed E-state index contributed by atoms with van der Waals surface area (Å²) in [4.78, 5) is 36.8. The molecule has 0 saturated carbocycles. The molecule has 1 amide bonds. The second-order valence-electron chi connectivity index (χ2n) is 6.92. The number of aliphatic carboxylic acids is 1. The molecule has 4 rings (SSSR count). The van der Waals surface area contributed by atoms with E-state index in [1.54, 1.807) is 0 Å². The topological polar surface area (TPSA) is 144 Å². The Morgan fingerprint density at radius 2 is 1.77 bits per heavy atom. The van der Waals surface area contributed by atoms with Gasteiger partial charge in [0.25, 0.3) is 0 Å². The number of aromatic amines is 1. The fourth-order valence-electron chi connectivity index (χ4n) is 3.55. The van der Waals surface area contributed by atoms with E-state index in [-0.39, 0.29) is 31.6 Å². The Morgan fingerprint density at radius 3 is 2.35 bits per heavy atom. The summed E-state index contributed by atoms with van der Waals surface area (Å²) in [6, 6.07) is 14.5. The highest BCUT2D eigenvalue weighted by molar-refractivity contribution is 5.81. The Bertz CT molecular complexity index is 1110. The van der Waals surface area contributed by atoms with E-state index in [0.717, 1.165) is 22.3 Å². The van der Waals surface area contributed by atoms with E-state index in [1.807, 2.05) is 48.5 Å². The molecule has 10 nitrogen and oxygen atoms in total. The maximum absolute atomic E-state index is 12.2. The Hall–Kier alpha value is -3.92. The van der Waals surface area contributed by atoms with Crippen molar-refractivity contribution in [1.29, 1.82) is 0 Å². The summed E-state index contributed by atoms with van der Waals surface area (Å²) >= 11 is 0. The smallest absolute Gasteiger partial charge is 0.438 e. The number of H-pyrrole nitrogens is 1. The maximum atomic E-state index is 12.2.